The lowest BCUT2D eigenvalue weighted by molar-refractivity contribution is 0.856. The highest BCUT2D eigenvalue weighted by molar-refractivity contribution is 5.53. The number of aromatic nitrogens is 1. The molecule has 0 aromatic carbocycles. The van der Waals surface area contributed by atoms with E-state index in [-0.39, 0.29) is 0 Å². The Morgan fingerprint density at radius 3 is 3.08 bits per heavy atom. The molecule has 12 heavy (non-hydrogen) atoms. The molecule has 1 aliphatic rings. The van der Waals surface area contributed by atoms with E-state index >= 15 is 0 Å². The summed E-state index contributed by atoms with van der Waals surface area (Å²) < 4.78 is 0. The Kier molecular flexibility index (Phi) is 1.75. The Hall–Kier alpha value is -1.05. The van der Waals surface area contributed by atoms with E-state index in [9.17, 15) is 0 Å². The lowest BCUT2D eigenvalue weighted by atomic mass is 10.1. The number of nitrogens with one attached hydrogen (secondary N) is 1. The molecular weight excluding hydrogens is 148 g/mol. The van der Waals surface area contributed by atoms with E-state index in [1.54, 1.807) is 0 Å². The summed E-state index contributed by atoms with van der Waals surface area (Å²) >= 11 is 0. The smallest absolute Gasteiger partial charge is 0.0652 e. The van der Waals surface area contributed by atoms with Gasteiger partial charge in [0.05, 0.1) is 11.4 Å². The molecule has 0 saturated heterocycles. The van der Waals surface area contributed by atoms with Gasteiger partial charge in [-0.3, -0.25) is 4.98 Å². The maximum atomic E-state index is 4.42. The Labute approximate surface area is 73.0 Å². The van der Waals surface area contributed by atoms with Crippen molar-refractivity contribution in [2.45, 2.75) is 26.2 Å². The molecule has 1 aromatic heterocycles. The van der Waals surface area contributed by atoms with Gasteiger partial charge in [-0.1, -0.05) is 13.8 Å². The average Bonchev–Trinajstić information content (AvgIpc) is 2.49. The molecule has 0 saturated carbocycles. The molecule has 0 spiro atoms. The average molecular weight is 162 g/mol. The van der Waals surface area contributed by atoms with E-state index in [1.165, 1.54) is 16.9 Å². The summed E-state index contributed by atoms with van der Waals surface area (Å²) in [6, 6.07) is 2.22. The summed E-state index contributed by atoms with van der Waals surface area (Å²) in [7, 11) is 0. The highest BCUT2D eigenvalue weighted by Gasteiger charge is 2.12. The first kappa shape index (κ1) is 7.59. The van der Waals surface area contributed by atoms with Crippen molar-refractivity contribution < 1.29 is 0 Å². The van der Waals surface area contributed by atoms with Crippen molar-refractivity contribution in [1.82, 2.24) is 4.98 Å². The van der Waals surface area contributed by atoms with Gasteiger partial charge >= 0.3 is 0 Å². The monoisotopic (exact) mass is 162 g/mol. The van der Waals surface area contributed by atoms with Gasteiger partial charge in [0, 0.05) is 19.2 Å². The molecule has 0 amide bonds. The van der Waals surface area contributed by atoms with Crippen LogP contribution in [-0.2, 0) is 6.42 Å². The van der Waals surface area contributed by atoms with Crippen molar-refractivity contribution in [2.75, 3.05) is 11.9 Å². The van der Waals surface area contributed by atoms with Crippen molar-refractivity contribution in [3.05, 3.63) is 23.5 Å². The quantitative estimate of drug-likeness (QED) is 0.684. The van der Waals surface area contributed by atoms with Crippen LogP contribution in [0, 0.1) is 0 Å². The van der Waals surface area contributed by atoms with E-state index in [4.69, 9.17) is 0 Å². The fourth-order valence-corrected chi connectivity index (χ4v) is 1.49. The van der Waals surface area contributed by atoms with Crippen molar-refractivity contribution >= 4 is 5.69 Å². The zero-order chi connectivity index (χ0) is 8.55. The van der Waals surface area contributed by atoms with Gasteiger partial charge in [0.15, 0.2) is 0 Å². The van der Waals surface area contributed by atoms with Crippen molar-refractivity contribution in [2.24, 2.45) is 0 Å². The van der Waals surface area contributed by atoms with Gasteiger partial charge in [-0.15, -0.1) is 0 Å². The molecule has 0 bridgehead atoms. The van der Waals surface area contributed by atoms with Crippen LogP contribution < -0.4 is 5.32 Å². The third-order valence-electron chi connectivity index (χ3n) is 2.34. The second-order valence-electron chi connectivity index (χ2n) is 3.59. The molecule has 1 aliphatic heterocycles. The first-order valence-corrected chi connectivity index (χ1v) is 4.50. The number of pyridine rings is 1. The number of nitrogens with zero attached hydrogens (tertiary/aromatic N) is 1. The molecule has 1 aromatic rings. The molecule has 0 unspecified atom stereocenters. The summed E-state index contributed by atoms with van der Waals surface area (Å²) in [6.45, 7) is 5.43. The third kappa shape index (κ3) is 1.17. The van der Waals surface area contributed by atoms with Gasteiger partial charge in [0.2, 0.25) is 0 Å². The summed E-state index contributed by atoms with van der Waals surface area (Å²) in [5, 5.41) is 3.33. The second kappa shape index (κ2) is 2.77. The molecule has 0 atom stereocenters. The van der Waals surface area contributed by atoms with Crippen LogP contribution in [0.3, 0.4) is 0 Å². The van der Waals surface area contributed by atoms with Gasteiger partial charge in [-0.05, 0) is 17.5 Å². The van der Waals surface area contributed by atoms with Crippen molar-refractivity contribution in [1.29, 1.82) is 0 Å². The van der Waals surface area contributed by atoms with Crippen LogP contribution in [0.2, 0.25) is 0 Å². The van der Waals surface area contributed by atoms with Gasteiger partial charge < -0.3 is 5.32 Å². The fraction of sp³-hybridized carbons (Fsp3) is 0.500. The van der Waals surface area contributed by atoms with Crippen LogP contribution in [0.4, 0.5) is 5.69 Å². The Morgan fingerprint density at radius 2 is 2.33 bits per heavy atom. The SMILES string of the molecule is CC(C)c1cnc2c(c1)NCC2. The number of fused-ring (bicyclic) bond motifs is 1. The molecular formula is C10H14N2. The molecule has 0 aliphatic carbocycles. The third-order valence-corrected chi connectivity index (χ3v) is 2.34. The predicted octanol–water partition coefficient (Wildman–Crippen LogP) is 2.17. The summed E-state index contributed by atoms with van der Waals surface area (Å²) in [6.07, 6.45) is 3.07. The van der Waals surface area contributed by atoms with E-state index < -0.39 is 0 Å². The van der Waals surface area contributed by atoms with Crippen LogP contribution in [-0.4, -0.2) is 11.5 Å². The van der Waals surface area contributed by atoms with Gasteiger partial charge in [-0.2, -0.15) is 0 Å². The van der Waals surface area contributed by atoms with Crippen molar-refractivity contribution in [3.8, 4) is 0 Å². The molecule has 2 heteroatoms. The molecule has 0 fully saturated rings. The minimum atomic E-state index is 0.574. The fourth-order valence-electron chi connectivity index (χ4n) is 1.49. The van der Waals surface area contributed by atoms with Gasteiger partial charge in [0.1, 0.15) is 0 Å². The van der Waals surface area contributed by atoms with E-state index in [2.05, 4.69) is 30.2 Å². The lowest BCUT2D eigenvalue weighted by Crippen LogP contribution is -1.93. The van der Waals surface area contributed by atoms with E-state index in [0.29, 0.717) is 5.92 Å². The molecule has 64 valence electrons. The predicted molar refractivity (Wildman–Crippen MR) is 50.5 cm³/mol. The Balaban J connectivity index is 2.39. The highest BCUT2D eigenvalue weighted by atomic mass is 14.9. The standard InChI is InChI=1S/C10H14N2/c1-7(2)8-5-10-9(12-6-8)3-4-11-10/h5-7,11H,3-4H2,1-2H3. The minimum Gasteiger partial charge on any atom is -0.383 e. The van der Waals surface area contributed by atoms with Crippen LogP contribution >= 0.6 is 0 Å². The normalized spacial score (nSPS) is 14.6. The number of hydrogen-bond acceptors (Lipinski definition) is 2. The maximum Gasteiger partial charge on any atom is 0.0652 e. The van der Waals surface area contributed by atoms with Crippen LogP contribution in [0.15, 0.2) is 12.3 Å². The zero-order valence-corrected chi connectivity index (χ0v) is 7.59. The minimum absolute atomic E-state index is 0.574. The summed E-state index contributed by atoms with van der Waals surface area (Å²) in [5.41, 5.74) is 3.78. The Morgan fingerprint density at radius 1 is 1.50 bits per heavy atom. The number of hydrogen-bond donors (Lipinski definition) is 1. The van der Waals surface area contributed by atoms with Gasteiger partial charge in [0.25, 0.3) is 0 Å². The highest BCUT2D eigenvalue weighted by Crippen LogP contribution is 2.24. The first-order chi connectivity index (χ1) is 5.77. The van der Waals surface area contributed by atoms with Gasteiger partial charge in [-0.25, -0.2) is 0 Å². The van der Waals surface area contributed by atoms with Crippen LogP contribution in [0.25, 0.3) is 0 Å². The van der Waals surface area contributed by atoms with E-state index in [0.717, 1.165) is 13.0 Å². The Bertz CT molecular complexity index is 292. The van der Waals surface area contributed by atoms with Crippen molar-refractivity contribution in [3.63, 3.8) is 0 Å². The van der Waals surface area contributed by atoms with Crippen LogP contribution in [0.5, 0.6) is 0 Å². The maximum absolute atomic E-state index is 4.42. The molecule has 2 nitrogen and oxygen atoms in total. The summed E-state index contributed by atoms with van der Waals surface area (Å²) in [5.74, 6) is 0.574. The number of anilines is 1. The molecule has 2 heterocycles. The topological polar surface area (TPSA) is 24.9 Å². The molecule has 1 N–H and O–H groups in total. The second-order valence-corrected chi connectivity index (χ2v) is 3.59. The van der Waals surface area contributed by atoms with Crippen LogP contribution in [0.1, 0.15) is 31.0 Å². The zero-order valence-electron chi connectivity index (χ0n) is 7.59. The molecule has 2 rings (SSSR count). The van der Waals surface area contributed by atoms with E-state index in [1.807, 2.05) is 6.20 Å². The largest absolute Gasteiger partial charge is 0.383 e. The summed E-state index contributed by atoms with van der Waals surface area (Å²) in [4.78, 5) is 4.42. The first-order valence-electron chi connectivity index (χ1n) is 4.50. The molecule has 0 radical (unpaired) electrons. The number of rotatable bonds is 1. The lowest BCUT2D eigenvalue weighted by Gasteiger charge is -2.06.